The quantitative estimate of drug-likeness (QED) is 0.473. The third-order valence-electron chi connectivity index (χ3n) is 0.319. The Morgan fingerprint density at radius 2 is 2.43 bits per heavy atom. The highest BCUT2D eigenvalue weighted by atomic mass is 16.5. The van der Waals surface area contributed by atoms with Crippen LogP contribution in [0.4, 0.5) is 0 Å². The molecule has 0 amide bonds. The van der Waals surface area contributed by atoms with E-state index in [1.807, 2.05) is 0 Å². The summed E-state index contributed by atoms with van der Waals surface area (Å²) >= 11 is 0. The van der Waals surface area contributed by atoms with Crippen LogP contribution in [-0.2, 0) is 14.6 Å². The highest BCUT2D eigenvalue weighted by molar-refractivity contribution is 5.67. The van der Waals surface area contributed by atoms with Crippen LogP contribution in [0.1, 0.15) is 0 Å². The van der Waals surface area contributed by atoms with Crippen LogP contribution in [0, 0.1) is 0 Å². The van der Waals surface area contributed by atoms with Crippen molar-refractivity contribution in [2.45, 2.75) is 0 Å². The second kappa shape index (κ2) is 3.21. The van der Waals surface area contributed by atoms with E-state index in [0.717, 1.165) is 6.26 Å². The van der Waals surface area contributed by atoms with E-state index in [9.17, 15) is 9.90 Å². The molecule has 0 saturated carbocycles. The Morgan fingerprint density at radius 1 is 1.86 bits per heavy atom. The fourth-order valence-corrected chi connectivity index (χ4v) is 0.127. The van der Waals surface area contributed by atoms with Crippen LogP contribution >= 0.6 is 0 Å². The first-order chi connectivity index (χ1) is 3.27. The van der Waals surface area contributed by atoms with E-state index in [0.29, 0.717) is 0 Å². The summed E-state index contributed by atoms with van der Waals surface area (Å²) in [7, 11) is 0. The highest BCUT2D eigenvalue weighted by Crippen LogP contribution is 1.71. The van der Waals surface area contributed by atoms with Gasteiger partial charge in [-0.3, -0.25) is 0 Å². The van der Waals surface area contributed by atoms with E-state index < -0.39 is 12.6 Å². The zero-order valence-corrected chi connectivity index (χ0v) is 3.72. The maximum atomic E-state index is 9.47. The monoisotopic (exact) mass is 101 g/mol. The number of carbonyl (C=O) groups excluding carboxylic acids is 1. The van der Waals surface area contributed by atoms with Gasteiger partial charge in [-0.2, -0.15) is 0 Å². The lowest BCUT2D eigenvalue weighted by Gasteiger charge is -1.86. The van der Waals surface area contributed by atoms with E-state index in [2.05, 4.69) is 11.3 Å². The predicted octanol–water partition coefficient (Wildman–Crippen LogP) is 0.104. The van der Waals surface area contributed by atoms with Crippen molar-refractivity contribution in [2.24, 2.45) is 0 Å². The number of rotatable bonds is 3. The van der Waals surface area contributed by atoms with E-state index in [1.165, 1.54) is 0 Å². The highest BCUT2D eigenvalue weighted by Gasteiger charge is 1.93. The van der Waals surface area contributed by atoms with Crippen LogP contribution in [0.3, 0.4) is 0 Å². The molecule has 0 unspecified atom stereocenters. The van der Waals surface area contributed by atoms with Gasteiger partial charge in [0.2, 0.25) is 0 Å². The Labute approximate surface area is 41.2 Å². The molecule has 0 aliphatic heterocycles. The number of ether oxygens (including phenoxy) is 1. The van der Waals surface area contributed by atoms with Crippen molar-refractivity contribution in [2.75, 3.05) is 6.61 Å². The van der Waals surface area contributed by atoms with Gasteiger partial charge in [0.25, 0.3) is 0 Å². The fraction of sp³-hybridized carbons (Fsp3) is 0.250. The smallest absolute Gasteiger partial charge is 0.392 e. The Kier molecular flexibility index (Phi) is 2.76. The molecule has 0 aliphatic carbocycles. The van der Waals surface area contributed by atoms with Crippen molar-refractivity contribution in [1.82, 2.24) is 0 Å². The third-order valence-corrected chi connectivity index (χ3v) is 0.319. The topological polar surface area (TPSA) is 46.2 Å². The summed E-state index contributed by atoms with van der Waals surface area (Å²) in [5, 5.41) is 9.47. The molecule has 1 radical (unpaired) electrons. The molecule has 0 saturated heterocycles. The minimum Gasteiger partial charge on any atom is -0.490 e. The van der Waals surface area contributed by atoms with Crippen LogP contribution < -0.4 is 0 Å². The molecular formula is C4H5O3. The summed E-state index contributed by atoms with van der Waals surface area (Å²) in [4.78, 5) is 9.47. The molecule has 0 bridgehead atoms. The van der Waals surface area contributed by atoms with Gasteiger partial charge in [0, 0.05) is 0 Å². The molecule has 0 spiro atoms. The van der Waals surface area contributed by atoms with Gasteiger partial charge < -0.3 is 4.74 Å². The Morgan fingerprint density at radius 3 is 2.57 bits per heavy atom. The Hall–Kier alpha value is -0.990. The number of carbonyl (C=O) groups is 1. The second-order valence-electron chi connectivity index (χ2n) is 0.850. The normalized spacial score (nSPS) is 7.43. The van der Waals surface area contributed by atoms with Crippen LogP contribution in [0.5, 0.6) is 0 Å². The van der Waals surface area contributed by atoms with Crippen molar-refractivity contribution in [3.05, 3.63) is 12.8 Å². The van der Waals surface area contributed by atoms with Crippen molar-refractivity contribution in [3.8, 4) is 0 Å². The third kappa shape index (κ3) is 5.01. The van der Waals surface area contributed by atoms with Gasteiger partial charge in [-0.1, -0.05) is 6.58 Å². The summed E-state index contributed by atoms with van der Waals surface area (Å²) in [6.45, 7) is 2.71. The fourth-order valence-electron chi connectivity index (χ4n) is 0.127. The summed E-state index contributed by atoms with van der Waals surface area (Å²) in [6, 6.07) is 0. The minimum atomic E-state index is -1.24. The zero-order chi connectivity index (χ0) is 5.70. The average molecular weight is 101 g/mol. The summed E-state index contributed by atoms with van der Waals surface area (Å²) in [6.07, 6.45) is 1.05. The average Bonchev–Trinajstić information content (AvgIpc) is 1.61. The largest absolute Gasteiger partial charge is 0.490 e. The Bertz CT molecular complexity index is 77.0. The van der Waals surface area contributed by atoms with Crippen molar-refractivity contribution in [1.29, 1.82) is 0 Å². The molecule has 7 heavy (non-hydrogen) atoms. The molecular weight excluding hydrogens is 96.0 g/mol. The van der Waals surface area contributed by atoms with Gasteiger partial charge in [0.15, 0.2) is 6.61 Å². The lowest BCUT2D eigenvalue weighted by Crippen LogP contribution is -2.00. The van der Waals surface area contributed by atoms with Crippen molar-refractivity contribution < 1.29 is 14.6 Å². The SMILES string of the molecule is C=COCC([O])=O. The molecule has 3 heteroatoms. The van der Waals surface area contributed by atoms with E-state index in [4.69, 9.17) is 0 Å². The minimum absolute atomic E-state index is 0.413. The van der Waals surface area contributed by atoms with Crippen LogP contribution in [-0.4, -0.2) is 12.6 Å². The Balaban J connectivity index is 2.97. The van der Waals surface area contributed by atoms with Crippen molar-refractivity contribution in [3.63, 3.8) is 0 Å². The molecule has 0 aliphatic rings. The molecule has 0 aromatic heterocycles. The zero-order valence-electron chi connectivity index (χ0n) is 3.72. The summed E-state index contributed by atoms with van der Waals surface area (Å²) in [5.74, 6) is -1.24. The standard InChI is InChI=1S/C4H5O3/c1-2-7-3-4(5)6/h2H,1,3H2. The van der Waals surface area contributed by atoms with Crippen molar-refractivity contribution >= 4 is 5.97 Å². The maximum Gasteiger partial charge on any atom is 0.392 e. The van der Waals surface area contributed by atoms with Crippen LogP contribution in [0.25, 0.3) is 0 Å². The van der Waals surface area contributed by atoms with E-state index in [1.54, 1.807) is 0 Å². The molecule has 39 valence electrons. The summed E-state index contributed by atoms with van der Waals surface area (Å²) in [5.41, 5.74) is 0. The van der Waals surface area contributed by atoms with Crippen LogP contribution in [0.15, 0.2) is 12.8 Å². The molecule has 0 N–H and O–H groups in total. The van der Waals surface area contributed by atoms with Gasteiger partial charge in [0.1, 0.15) is 0 Å². The number of hydrogen-bond donors (Lipinski definition) is 0. The molecule has 3 nitrogen and oxygen atoms in total. The van der Waals surface area contributed by atoms with E-state index in [-0.39, 0.29) is 0 Å². The lowest BCUT2D eigenvalue weighted by atomic mass is 10.7. The molecule has 0 aromatic rings. The molecule has 0 aromatic carbocycles. The lowest BCUT2D eigenvalue weighted by molar-refractivity contribution is -0.146. The van der Waals surface area contributed by atoms with Gasteiger partial charge in [-0.15, -0.1) is 0 Å². The first-order valence-corrected chi connectivity index (χ1v) is 1.69. The predicted molar refractivity (Wildman–Crippen MR) is 21.8 cm³/mol. The molecule has 0 fully saturated rings. The van der Waals surface area contributed by atoms with Gasteiger partial charge in [-0.05, 0) is 0 Å². The molecule has 0 heterocycles. The summed E-state index contributed by atoms with van der Waals surface area (Å²) < 4.78 is 4.20. The van der Waals surface area contributed by atoms with Gasteiger partial charge >= 0.3 is 5.97 Å². The molecule has 0 atom stereocenters. The van der Waals surface area contributed by atoms with Gasteiger partial charge in [0.05, 0.1) is 6.26 Å². The van der Waals surface area contributed by atoms with Gasteiger partial charge in [-0.25, -0.2) is 9.90 Å². The second-order valence-corrected chi connectivity index (χ2v) is 0.850. The first-order valence-electron chi connectivity index (χ1n) is 1.69. The first kappa shape index (κ1) is 6.01. The van der Waals surface area contributed by atoms with E-state index >= 15 is 0 Å². The maximum absolute atomic E-state index is 9.47. The molecule has 0 rings (SSSR count). The van der Waals surface area contributed by atoms with Crippen LogP contribution in [0.2, 0.25) is 0 Å². The number of hydrogen-bond acceptors (Lipinski definition) is 2.